The molecule has 1 aliphatic rings. The highest BCUT2D eigenvalue weighted by Crippen LogP contribution is 2.26. The van der Waals surface area contributed by atoms with Crippen molar-refractivity contribution in [2.45, 2.75) is 32.9 Å². The SMILES string of the molecule is CCOC(=O)CN1CCC[Si]1(C)OCC. The van der Waals surface area contributed by atoms with E-state index >= 15 is 0 Å². The molecule has 0 radical (unpaired) electrons. The van der Waals surface area contributed by atoms with E-state index in [4.69, 9.17) is 9.16 Å². The summed E-state index contributed by atoms with van der Waals surface area (Å²) in [6.07, 6.45) is 1.14. The highest BCUT2D eigenvalue weighted by atomic mass is 28.4. The lowest BCUT2D eigenvalue weighted by molar-refractivity contribution is -0.143. The molecule has 4 nitrogen and oxygen atoms in total. The van der Waals surface area contributed by atoms with Crippen LogP contribution in [0.5, 0.6) is 0 Å². The number of hydrogen-bond acceptors (Lipinski definition) is 4. The van der Waals surface area contributed by atoms with Crippen LogP contribution in [0.4, 0.5) is 0 Å². The lowest BCUT2D eigenvalue weighted by Gasteiger charge is -2.31. The molecule has 1 fully saturated rings. The van der Waals surface area contributed by atoms with Crippen LogP contribution in [-0.4, -0.2) is 45.3 Å². The van der Waals surface area contributed by atoms with E-state index in [1.54, 1.807) is 0 Å². The smallest absolute Gasteiger partial charge is 0.319 e. The topological polar surface area (TPSA) is 38.8 Å². The van der Waals surface area contributed by atoms with Crippen molar-refractivity contribution in [1.29, 1.82) is 0 Å². The van der Waals surface area contributed by atoms with Gasteiger partial charge >= 0.3 is 5.97 Å². The maximum Gasteiger partial charge on any atom is 0.319 e. The lowest BCUT2D eigenvalue weighted by atomic mass is 10.5. The molecule has 1 unspecified atom stereocenters. The predicted octanol–water partition coefficient (Wildman–Crippen LogP) is 1.36. The monoisotopic (exact) mass is 231 g/mol. The van der Waals surface area contributed by atoms with Gasteiger partial charge in [-0.2, -0.15) is 0 Å². The van der Waals surface area contributed by atoms with Crippen LogP contribution in [0.2, 0.25) is 12.6 Å². The molecule has 0 N–H and O–H groups in total. The first-order chi connectivity index (χ1) is 7.12. The van der Waals surface area contributed by atoms with Gasteiger partial charge in [-0.3, -0.25) is 9.36 Å². The normalized spacial score (nSPS) is 26.9. The molecule has 0 amide bonds. The Morgan fingerprint density at radius 1 is 1.40 bits per heavy atom. The van der Waals surface area contributed by atoms with Crippen LogP contribution in [0, 0.1) is 0 Å². The number of nitrogens with zero attached hydrogens (tertiary/aromatic N) is 1. The molecule has 0 aromatic carbocycles. The summed E-state index contributed by atoms with van der Waals surface area (Å²) in [5, 5.41) is 0. The molecule has 0 bridgehead atoms. The first-order valence-electron chi connectivity index (χ1n) is 5.67. The average molecular weight is 231 g/mol. The van der Waals surface area contributed by atoms with Crippen molar-refractivity contribution in [2.75, 3.05) is 26.3 Å². The van der Waals surface area contributed by atoms with Gasteiger partial charge in [0.25, 0.3) is 8.48 Å². The standard InChI is InChI=1S/C10H21NO3Si/c1-4-13-10(12)9-11-7-6-8-15(11,3)14-5-2/h4-9H2,1-3H3. The Hall–Kier alpha value is -0.393. The number of ether oxygens (including phenoxy) is 1. The lowest BCUT2D eigenvalue weighted by Crippen LogP contribution is -2.51. The summed E-state index contributed by atoms with van der Waals surface area (Å²) in [5.41, 5.74) is 0. The zero-order chi connectivity index (χ0) is 11.3. The van der Waals surface area contributed by atoms with Crippen molar-refractivity contribution in [2.24, 2.45) is 0 Å². The van der Waals surface area contributed by atoms with Crippen LogP contribution in [0.25, 0.3) is 0 Å². The number of carbonyl (C=O) groups excluding carboxylic acids is 1. The van der Waals surface area contributed by atoms with Crippen LogP contribution < -0.4 is 0 Å². The number of rotatable bonds is 5. The van der Waals surface area contributed by atoms with E-state index in [2.05, 4.69) is 11.1 Å². The van der Waals surface area contributed by atoms with Crippen LogP contribution in [0.1, 0.15) is 20.3 Å². The van der Waals surface area contributed by atoms with Gasteiger partial charge in [0.1, 0.15) is 0 Å². The van der Waals surface area contributed by atoms with Crippen molar-refractivity contribution >= 4 is 14.4 Å². The summed E-state index contributed by atoms with van der Waals surface area (Å²) in [7, 11) is -1.77. The second-order valence-electron chi connectivity index (χ2n) is 3.94. The molecule has 0 aromatic heterocycles. The van der Waals surface area contributed by atoms with Gasteiger partial charge in [-0.15, -0.1) is 0 Å². The van der Waals surface area contributed by atoms with E-state index in [1.807, 2.05) is 13.8 Å². The minimum absolute atomic E-state index is 0.127. The predicted molar refractivity (Wildman–Crippen MR) is 60.9 cm³/mol. The maximum absolute atomic E-state index is 11.4. The van der Waals surface area contributed by atoms with Crippen molar-refractivity contribution in [3.05, 3.63) is 0 Å². The fourth-order valence-corrected chi connectivity index (χ4v) is 5.25. The molecular weight excluding hydrogens is 210 g/mol. The summed E-state index contributed by atoms with van der Waals surface area (Å²) < 4.78 is 13.0. The van der Waals surface area contributed by atoms with E-state index in [1.165, 1.54) is 0 Å². The third-order valence-electron chi connectivity index (χ3n) is 2.82. The Bertz CT molecular complexity index is 225. The fraction of sp³-hybridized carbons (Fsp3) is 0.900. The molecule has 15 heavy (non-hydrogen) atoms. The van der Waals surface area contributed by atoms with Crippen molar-refractivity contribution in [3.63, 3.8) is 0 Å². The number of hydrogen-bond donors (Lipinski definition) is 0. The van der Waals surface area contributed by atoms with Gasteiger partial charge < -0.3 is 9.16 Å². The van der Waals surface area contributed by atoms with E-state index in [0.717, 1.165) is 25.6 Å². The van der Waals surface area contributed by atoms with Gasteiger partial charge in [-0.05, 0) is 39.4 Å². The molecule has 5 heteroatoms. The summed E-state index contributed by atoms with van der Waals surface area (Å²) in [6.45, 7) is 8.60. The maximum atomic E-state index is 11.4. The molecule has 0 saturated carbocycles. The Labute approximate surface area is 92.8 Å². The summed E-state index contributed by atoms with van der Waals surface area (Å²) in [4.78, 5) is 11.4. The first kappa shape index (κ1) is 12.7. The largest absolute Gasteiger partial charge is 0.465 e. The van der Waals surface area contributed by atoms with Crippen molar-refractivity contribution in [1.82, 2.24) is 4.57 Å². The molecule has 1 atom stereocenters. The first-order valence-corrected chi connectivity index (χ1v) is 8.23. The molecular formula is C10H21NO3Si. The molecule has 88 valence electrons. The summed E-state index contributed by atoms with van der Waals surface area (Å²) in [5.74, 6) is -0.127. The van der Waals surface area contributed by atoms with Crippen LogP contribution in [0.3, 0.4) is 0 Å². The molecule has 0 aromatic rings. The molecule has 1 aliphatic heterocycles. The highest BCUT2D eigenvalue weighted by Gasteiger charge is 2.41. The molecule has 0 spiro atoms. The zero-order valence-corrected chi connectivity index (χ0v) is 10.9. The minimum Gasteiger partial charge on any atom is -0.465 e. The van der Waals surface area contributed by atoms with Gasteiger partial charge in [-0.1, -0.05) is 0 Å². The number of esters is 1. The third kappa shape index (κ3) is 3.29. The van der Waals surface area contributed by atoms with Gasteiger partial charge in [0.05, 0.1) is 13.2 Å². The Morgan fingerprint density at radius 2 is 2.13 bits per heavy atom. The van der Waals surface area contributed by atoms with Gasteiger partial charge in [0, 0.05) is 6.61 Å². The van der Waals surface area contributed by atoms with Crippen LogP contribution >= 0.6 is 0 Å². The Morgan fingerprint density at radius 3 is 2.73 bits per heavy atom. The second-order valence-corrected chi connectivity index (χ2v) is 7.71. The summed E-state index contributed by atoms with van der Waals surface area (Å²) in [6, 6.07) is 1.13. The van der Waals surface area contributed by atoms with Gasteiger partial charge in [0.2, 0.25) is 0 Å². The van der Waals surface area contributed by atoms with E-state index in [-0.39, 0.29) is 5.97 Å². The van der Waals surface area contributed by atoms with E-state index < -0.39 is 8.48 Å². The zero-order valence-electron chi connectivity index (χ0n) is 9.91. The van der Waals surface area contributed by atoms with E-state index in [0.29, 0.717) is 13.2 Å². The van der Waals surface area contributed by atoms with Crippen molar-refractivity contribution < 1.29 is 14.0 Å². The van der Waals surface area contributed by atoms with E-state index in [9.17, 15) is 4.79 Å². The Balaban J connectivity index is 2.49. The minimum atomic E-state index is -1.77. The number of carbonyl (C=O) groups is 1. The molecule has 0 aliphatic carbocycles. The Kier molecular flexibility index (Phi) is 4.75. The quantitative estimate of drug-likeness (QED) is 0.529. The third-order valence-corrected chi connectivity index (χ3v) is 6.73. The highest BCUT2D eigenvalue weighted by molar-refractivity contribution is 6.70. The molecule has 1 rings (SSSR count). The van der Waals surface area contributed by atoms with Crippen LogP contribution in [-0.2, 0) is 14.0 Å². The van der Waals surface area contributed by atoms with Crippen LogP contribution in [0.15, 0.2) is 0 Å². The van der Waals surface area contributed by atoms with Gasteiger partial charge in [0.15, 0.2) is 0 Å². The molecule has 1 saturated heterocycles. The van der Waals surface area contributed by atoms with Gasteiger partial charge in [-0.25, -0.2) is 0 Å². The average Bonchev–Trinajstić information content (AvgIpc) is 2.49. The second kappa shape index (κ2) is 5.63. The molecule has 1 heterocycles. The van der Waals surface area contributed by atoms with Crippen molar-refractivity contribution in [3.8, 4) is 0 Å². The summed E-state index contributed by atoms with van der Waals surface area (Å²) >= 11 is 0. The fourth-order valence-electron chi connectivity index (χ4n) is 2.08.